The van der Waals surface area contributed by atoms with Gasteiger partial charge in [-0.05, 0) is 29.8 Å². The number of nitrogen functional groups attached to an aromatic ring is 1. The molecule has 0 aliphatic carbocycles. The molecule has 2 heterocycles. The molecule has 7 nitrogen and oxygen atoms in total. The molecule has 0 aliphatic rings. The van der Waals surface area contributed by atoms with Crippen LogP contribution in [0.25, 0.3) is 22.2 Å². The van der Waals surface area contributed by atoms with Crippen molar-refractivity contribution in [3.63, 3.8) is 0 Å². The van der Waals surface area contributed by atoms with Crippen LogP contribution < -0.4 is 11.1 Å². The lowest BCUT2D eigenvalue weighted by Gasteiger charge is -2.13. The number of fused-ring (bicyclic) bond motifs is 1. The number of nitrogens with one attached hydrogen (secondary N) is 1. The number of hydrogen-bond donors (Lipinski definition) is 3. The highest BCUT2D eigenvalue weighted by atomic mass is 35.5. The minimum atomic E-state index is -1.52. The van der Waals surface area contributed by atoms with Crippen LogP contribution in [0.5, 0.6) is 0 Å². The van der Waals surface area contributed by atoms with Crippen LogP contribution in [0.4, 0.5) is 15.9 Å². The zero-order valence-corrected chi connectivity index (χ0v) is 16.6. The van der Waals surface area contributed by atoms with Gasteiger partial charge in [-0.15, -0.1) is 0 Å². The van der Waals surface area contributed by atoms with Gasteiger partial charge in [-0.3, -0.25) is 4.79 Å². The SMILES string of the molecule is Cn1cc(-c2ccc(NC(=O)[C@H](O)c3cccc(F)c3)cc2Cl)c2c(N)ncnc21. The summed E-state index contributed by atoms with van der Waals surface area (Å²) in [6, 6.07) is 10.2. The van der Waals surface area contributed by atoms with E-state index in [0.717, 1.165) is 11.6 Å². The molecule has 152 valence electrons. The summed E-state index contributed by atoms with van der Waals surface area (Å²) in [5.41, 5.74) is 8.69. The second-order valence-electron chi connectivity index (χ2n) is 6.75. The Labute approximate surface area is 175 Å². The fourth-order valence-corrected chi connectivity index (χ4v) is 3.57. The van der Waals surface area contributed by atoms with E-state index in [0.29, 0.717) is 33.1 Å². The number of carbonyl (C=O) groups excluding carboxylic acids is 1. The lowest BCUT2D eigenvalue weighted by molar-refractivity contribution is -0.124. The zero-order chi connectivity index (χ0) is 21.4. The molecule has 1 atom stereocenters. The van der Waals surface area contributed by atoms with Crippen molar-refractivity contribution >= 4 is 40.0 Å². The normalized spacial score (nSPS) is 12.1. The molecule has 0 aliphatic heterocycles. The first-order valence-corrected chi connectivity index (χ1v) is 9.32. The fourth-order valence-electron chi connectivity index (χ4n) is 3.29. The molecule has 0 radical (unpaired) electrons. The van der Waals surface area contributed by atoms with Crippen LogP contribution in [0.1, 0.15) is 11.7 Å². The summed E-state index contributed by atoms with van der Waals surface area (Å²) in [4.78, 5) is 20.6. The molecule has 4 N–H and O–H groups in total. The second-order valence-corrected chi connectivity index (χ2v) is 7.16. The van der Waals surface area contributed by atoms with Gasteiger partial charge in [0.15, 0.2) is 6.10 Å². The van der Waals surface area contributed by atoms with Crippen LogP contribution >= 0.6 is 11.6 Å². The standard InChI is InChI=1S/C21H17ClFN5O2/c1-28-9-15(17-19(24)25-10-26-20(17)28)14-6-5-13(8-16(14)22)27-21(30)18(29)11-3-2-4-12(23)7-11/h2-10,18,29H,1H3,(H,27,30)(H2,24,25,26)/t18-/m1/s1. The van der Waals surface area contributed by atoms with Crippen LogP contribution in [-0.4, -0.2) is 25.5 Å². The number of aliphatic hydroxyl groups excluding tert-OH is 1. The highest BCUT2D eigenvalue weighted by Gasteiger charge is 2.19. The van der Waals surface area contributed by atoms with Gasteiger partial charge in [0.05, 0.1) is 10.4 Å². The van der Waals surface area contributed by atoms with Crippen molar-refractivity contribution in [1.29, 1.82) is 0 Å². The largest absolute Gasteiger partial charge is 0.383 e. The van der Waals surface area contributed by atoms with Crippen LogP contribution in [0.15, 0.2) is 55.0 Å². The Kier molecular flexibility index (Phi) is 5.11. The Morgan fingerprint density at radius 1 is 1.23 bits per heavy atom. The average molecular weight is 426 g/mol. The van der Waals surface area contributed by atoms with Gasteiger partial charge >= 0.3 is 0 Å². The van der Waals surface area contributed by atoms with E-state index >= 15 is 0 Å². The Hall–Kier alpha value is -3.49. The van der Waals surface area contributed by atoms with Crippen LogP contribution in [-0.2, 0) is 11.8 Å². The maximum Gasteiger partial charge on any atom is 0.257 e. The maximum absolute atomic E-state index is 13.3. The Bertz CT molecular complexity index is 1270. The fraction of sp³-hybridized carbons (Fsp3) is 0.0952. The monoisotopic (exact) mass is 425 g/mol. The predicted molar refractivity (Wildman–Crippen MR) is 113 cm³/mol. The van der Waals surface area contributed by atoms with Crippen molar-refractivity contribution in [3.05, 3.63) is 71.4 Å². The Balaban J connectivity index is 1.62. The first-order chi connectivity index (χ1) is 14.3. The summed E-state index contributed by atoms with van der Waals surface area (Å²) >= 11 is 6.47. The number of aromatic nitrogens is 3. The zero-order valence-electron chi connectivity index (χ0n) is 15.8. The molecule has 30 heavy (non-hydrogen) atoms. The molecule has 4 aromatic rings. The second kappa shape index (κ2) is 7.74. The lowest BCUT2D eigenvalue weighted by atomic mass is 10.1. The van der Waals surface area contributed by atoms with E-state index in [2.05, 4.69) is 15.3 Å². The number of halogens is 2. The molecule has 0 fully saturated rings. The minimum Gasteiger partial charge on any atom is -0.383 e. The number of hydrogen-bond acceptors (Lipinski definition) is 5. The van der Waals surface area contributed by atoms with Gasteiger partial charge < -0.3 is 20.7 Å². The summed E-state index contributed by atoms with van der Waals surface area (Å²) in [5, 5.41) is 13.8. The van der Waals surface area contributed by atoms with Crippen molar-refractivity contribution in [2.24, 2.45) is 7.05 Å². The molecule has 0 saturated carbocycles. The molecule has 0 saturated heterocycles. The molecule has 2 aromatic carbocycles. The molecule has 4 rings (SSSR count). The number of aliphatic hydroxyl groups is 1. The topological polar surface area (TPSA) is 106 Å². The first kappa shape index (κ1) is 19.8. The van der Waals surface area contributed by atoms with E-state index in [1.54, 1.807) is 18.2 Å². The highest BCUT2D eigenvalue weighted by molar-refractivity contribution is 6.34. The van der Waals surface area contributed by atoms with Gasteiger partial charge in [-0.1, -0.05) is 29.8 Å². The number of benzene rings is 2. The number of amides is 1. The van der Waals surface area contributed by atoms with E-state index in [-0.39, 0.29) is 5.56 Å². The summed E-state index contributed by atoms with van der Waals surface area (Å²) in [5.74, 6) is -0.903. The van der Waals surface area contributed by atoms with Crippen molar-refractivity contribution < 1.29 is 14.3 Å². The third-order valence-electron chi connectivity index (χ3n) is 4.72. The molecule has 0 spiro atoms. The molecule has 2 aromatic heterocycles. The van der Waals surface area contributed by atoms with Crippen LogP contribution in [0.2, 0.25) is 5.02 Å². The van der Waals surface area contributed by atoms with E-state index in [1.807, 2.05) is 17.8 Å². The molecule has 9 heteroatoms. The number of nitrogens with zero attached hydrogens (tertiary/aromatic N) is 3. The molecule has 0 bridgehead atoms. The first-order valence-electron chi connectivity index (χ1n) is 8.95. The van der Waals surface area contributed by atoms with E-state index in [4.69, 9.17) is 17.3 Å². The van der Waals surface area contributed by atoms with Crippen molar-refractivity contribution in [1.82, 2.24) is 14.5 Å². The van der Waals surface area contributed by atoms with Gasteiger partial charge in [0.1, 0.15) is 23.6 Å². The molecule has 0 unspecified atom stereocenters. The number of aryl methyl sites for hydroxylation is 1. The summed E-state index contributed by atoms with van der Waals surface area (Å²) in [6.45, 7) is 0. The number of anilines is 2. The van der Waals surface area contributed by atoms with Gasteiger partial charge in [-0.25, -0.2) is 14.4 Å². The van der Waals surface area contributed by atoms with E-state index in [9.17, 15) is 14.3 Å². The molecular formula is C21H17ClFN5O2. The Morgan fingerprint density at radius 3 is 2.77 bits per heavy atom. The lowest BCUT2D eigenvalue weighted by Crippen LogP contribution is -2.20. The maximum atomic E-state index is 13.3. The number of carbonyl (C=O) groups is 1. The summed E-state index contributed by atoms with van der Waals surface area (Å²) in [7, 11) is 1.84. The summed E-state index contributed by atoms with van der Waals surface area (Å²) < 4.78 is 15.2. The van der Waals surface area contributed by atoms with Gasteiger partial charge in [0.25, 0.3) is 5.91 Å². The smallest absolute Gasteiger partial charge is 0.257 e. The van der Waals surface area contributed by atoms with Crippen LogP contribution in [0.3, 0.4) is 0 Å². The molecule has 1 amide bonds. The quantitative estimate of drug-likeness (QED) is 0.462. The van der Waals surface area contributed by atoms with Gasteiger partial charge in [0, 0.05) is 30.1 Å². The van der Waals surface area contributed by atoms with Crippen molar-refractivity contribution in [3.8, 4) is 11.1 Å². The highest BCUT2D eigenvalue weighted by Crippen LogP contribution is 2.37. The van der Waals surface area contributed by atoms with Gasteiger partial charge in [-0.2, -0.15) is 0 Å². The molecular weight excluding hydrogens is 409 g/mol. The third-order valence-corrected chi connectivity index (χ3v) is 5.04. The Morgan fingerprint density at radius 2 is 2.03 bits per heavy atom. The number of rotatable bonds is 4. The van der Waals surface area contributed by atoms with E-state index in [1.165, 1.54) is 24.5 Å². The summed E-state index contributed by atoms with van der Waals surface area (Å²) in [6.07, 6.45) is 1.73. The van der Waals surface area contributed by atoms with Crippen molar-refractivity contribution in [2.45, 2.75) is 6.10 Å². The van der Waals surface area contributed by atoms with Crippen molar-refractivity contribution in [2.75, 3.05) is 11.1 Å². The predicted octanol–water partition coefficient (Wildman–Crippen LogP) is 3.68. The van der Waals surface area contributed by atoms with Crippen LogP contribution in [0, 0.1) is 5.82 Å². The van der Waals surface area contributed by atoms with Gasteiger partial charge in [0.2, 0.25) is 0 Å². The number of nitrogens with two attached hydrogens (primary N) is 1. The average Bonchev–Trinajstić information content (AvgIpc) is 3.05. The third kappa shape index (κ3) is 3.58. The minimum absolute atomic E-state index is 0.154. The van der Waals surface area contributed by atoms with E-state index < -0.39 is 17.8 Å².